The summed E-state index contributed by atoms with van der Waals surface area (Å²) in [5.74, 6) is 0. The molecule has 0 bridgehead atoms. The van der Waals surface area contributed by atoms with Crippen molar-refractivity contribution in [1.29, 1.82) is 0 Å². The Morgan fingerprint density at radius 2 is 1.83 bits per heavy atom. The van der Waals surface area contributed by atoms with Crippen molar-refractivity contribution < 1.29 is 4.79 Å². The van der Waals surface area contributed by atoms with Crippen molar-refractivity contribution in [1.82, 2.24) is 9.80 Å². The number of carbonyl (C=O) groups is 1. The molecule has 3 heteroatoms. The molecule has 0 aliphatic carbocycles. The number of rotatable bonds is 3. The number of hydrogen-bond acceptors (Lipinski definition) is 1. The molecular weight excluding hydrogens is 152 g/mol. The van der Waals surface area contributed by atoms with Gasteiger partial charge in [-0.3, -0.25) is 0 Å². The van der Waals surface area contributed by atoms with Gasteiger partial charge in [-0.05, 0) is 20.3 Å². The van der Waals surface area contributed by atoms with E-state index < -0.39 is 0 Å². The Balaban J connectivity index is 4.24. The highest BCUT2D eigenvalue weighted by Crippen LogP contribution is 2.05. The second-order valence-electron chi connectivity index (χ2n) is 3.22. The van der Waals surface area contributed by atoms with Crippen molar-refractivity contribution in [3.05, 3.63) is 0 Å². The van der Waals surface area contributed by atoms with Gasteiger partial charge in [-0.1, -0.05) is 6.92 Å². The van der Waals surface area contributed by atoms with Crippen LogP contribution in [0.3, 0.4) is 0 Å². The van der Waals surface area contributed by atoms with Crippen molar-refractivity contribution in [2.24, 2.45) is 0 Å². The van der Waals surface area contributed by atoms with E-state index in [-0.39, 0.29) is 6.03 Å². The zero-order chi connectivity index (χ0) is 9.72. The Bertz CT molecular complexity index is 145. The standard InChI is InChI=1S/C9H20N2O/c1-6-8(3)11(7-2)9(12)10(4)5/h8H,6-7H2,1-5H3. The van der Waals surface area contributed by atoms with Crippen LogP contribution in [-0.4, -0.2) is 42.5 Å². The summed E-state index contributed by atoms with van der Waals surface area (Å²) in [7, 11) is 3.57. The van der Waals surface area contributed by atoms with E-state index in [9.17, 15) is 4.79 Å². The van der Waals surface area contributed by atoms with E-state index in [4.69, 9.17) is 0 Å². The highest BCUT2D eigenvalue weighted by molar-refractivity contribution is 5.74. The molecule has 0 heterocycles. The molecule has 0 aromatic rings. The van der Waals surface area contributed by atoms with Crippen LogP contribution in [0.2, 0.25) is 0 Å². The fourth-order valence-electron chi connectivity index (χ4n) is 1.11. The maximum Gasteiger partial charge on any atom is 0.319 e. The van der Waals surface area contributed by atoms with Gasteiger partial charge >= 0.3 is 6.03 Å². The summed E-state index contributed by atoms with van der Waals surface area (Å²) < 4.78 is 0. The molecule has 72 valence electrons. The minimum Gasteiger partial charge on any atom is -0.331 e. The summed E-state index contributed by atoms with van der Waals surface area (Å²) in [6, 6.07) is 0.441. The molecule has 0 aromatic heterocycles. The van der Waals surface area contributed by atoms with Crippen LogP contribution in [0.15, 0.2) is 0 Å². The largest absolute Gasteiger partial charge is 0.331 e. The number of hydrogen-bond donors (Lipinski definition) is 0. The average Bonchev–Trinajstić information content (AvgIpc) is 2.05. The SMILES string of the molecule is CCC(C)N(CC)C(=O)N(C)C. The minimum atomic E-state index is 0.104. The number of urea groups is 1. The molecule has 0 spiro atoms. The molecule has 0 N–H and O–H groups in total. The number of nitrogens with zero attached hydrogens (tertiary/aromatic N) is 2. The summed E-state index contributed by atoms with van der Waals surface area (Å²) in [6.07, 6.45) is 1.01. The highest BCUT2D eigenvalue weighted by Gasteiger charge is 2.17. The second-order valence-corrected chi connectivity index (χ2v) is 3.22. The average molecular weight is 172 g/mol. The number of amides is 2. The molecular formula is C9H20N2O. The fraction of sp³-hybridized carbons (Fsp3) is 0.889. The molecule has 0 aliphatic heterocycles. The van der Waals surface area contributed by atoms with E-state index in [1.807, 2.05) is 11.8 Å². The molecule has 12 heavy (non-hydrogen) atoms. The fourth-order valence-corrected chi connectivity index (χ4v) is 1.11. The summed E-state index contributed by atoms with van der Waals surface area (Å²) >= 11 is 0. The first kappa shape index (κ1) is 11.3. The van der Waals surface area contributed by atoms with Crippen molar-refractivity contribution in [2.75, 3.05) is 20.6 Å². The van der Waals surface area contributed by atoms with Crippen LogP contribution in [0, 0.1) is 0 Å². The van der Waals surface area contributed by atoms with Crippen molar-refractivity contribution in [3.8, 4) is 0 Å². The van der Waals surface area contributed by atoms with Gasteiger partial charge in [0.15, 0.2) is 0 Å². The quantitative estimate of drug-likeness (QED) is 0.636. The zero-order valence-corrected chi connectivity index (χ0v) is 8.79. The van der Waals surface area contributed by atoms with Crippen molar-refractivity contribution >= 4 is 6.03 Å². The summed E-state index contributed by atoms with van der Waals surface area (Å²) in [5, 5.41) is 0. The van der Waals surface area contributed by atoms with Gasteiger partial charge in [0.25, 0.3) is 0 Å². The van der Waals surface area contributed by atoms with Gasteiger partial charge in [0.1, 0.15) is 0 Å². The van der Waals surface area contributed by atoms with Crippen molar-refractivity contribution in [2.45, 2.75) is 33.2 Å². The molecule has 0 aliphatic rings. The predicted octanol–water partition coefficient (Wildman–Crippen LogP) is 1.79. The van der Waals surface area contributed by atoms with Crippen LogP contribution in [0.1, 0.15) is 27.2 Å². The van der Waals surface area contributed by atoms with E-state index in [0.717, 1.165) is 13.0 Å². The third-order valence-electron chi connectivity index (χ3n) is 2.09. The maximum atomic E-state index is 11.5. The van der Waals surface area contributed by atoms with Gasteiger partial charge in [-0.15, -0.1) is 0 Å². The predicted molar refractivity (Wildman–Crippen MR) is 51.2 cm³/mol. The molecule has 0 saturated heterocycles. The van der Waals surface area contributed by atoms with Crippen LogP contribution in [0.25, 0.3) is 0 Å². The van der Waals surface area contributed by atoms with Crippen LogP contribution < -0.4 is 0 Å². The van der Waals surface area contributed by atoms with Gasteiger partial charge in [-0.2, -0.15) is 0 Å². The lowest BCUT2D eigenvalue weighted by Gasteiger charge is -2.29. The molecule has 2 amide bonds. The molecule has 0 fully saturated rings. The van der Waals surface area contributed by atoms with E-state index in [0.29, 0.717) is 6.04 Å². The second kappa shape index (κ2) is 5.01. The Morgan fingerprint density at radius 1 is 1.33 bits per heavy atom. The van der Waals surface area contributed by atoms with E-state index in [2.05, 4.69) is 13.8 Å². The summed E-state index contributed by atoms with van der Waals surface area (Å²) in [6.45, 7) is 6.96. The lowest BCUT2D eigenvalue weighted by molar-refractivity contribution is 0.155. The molecule has 0 radical (unpaired) electrons. The topological polar surface area (TPSA) is 23.6 Å². The zero-order valence-electron chi connectivity index (χ0n) is 8.79. The summed E-state index contributed by atoms with van der Waals surface area (Å²) in [5.41, 5.74) is 0. The smallest absolute Gasteiger partial charge is 0.319 e. The van der Waals surface area contributed by atoms with E-state index in [1.54, 1.807) is 19.0 Å². The van der Waals surface area contributed by atoms with Crippen LogP contribution in [0.5, 0.6) is 0 Å². The van der Waals surface area contributed by atoms with Gasteiger partial charge in [0.2, 0.25) is 0 Å². The first-order valence-corrected chi connectivity index (χ1v) is 4.52. The Kier molecular flexibility index (Phi) is 4.71. The van der Waals surface area contributed by atoms with Crippen LogP contribution in [-0.2, 0) is 0 Å². The first-order chi connectivity index (χ1) is 5.54. The third-order valence-corrected chi connectivity index (χ3v) is 2.09. The molecule has 0 saturated carbocycles. The van der Waals surface area contributed by atoms with Gasteiger partial charge in [0, 0.05) is 26.7 Å². The number of carbonyl (C=O) groups excluding carboxylic acids is 1. The monoisotopic (exact) mass is 172 g/mol. The van der Waals surface area contributed by atoms with E-state index in [1.165, 1.54) is 0 Å². The first-order valence-electron chi connectivity index (χ1n) is 4.52. The van der Waals surface area contributed by atoms with Gasteiger partial charge in [-0.25, -0.2) is 4.79 Å². The Labute approximate surface area is 75.3 Å². The molecule has 1 atom stereocenters. The van der Waals surface area contributed by atoms with Gasteiger partial charge < -0.3 is 9.80 Å². The maximum absolute atomic E-state index is 11.5. The molecule has 0 rings (SSSR count). The molecule has 0 aromatic carbocycles. The lowest BCUT2D eigenvalue weighted by atomic mass is 10.2. The highest BCUT2D eigenvalue weighted by atomic mass is 16.2. The molecule has 3 nitrogen and oxygen atoms in total. The lowest BCUT2D eigenvalue weighted by Crippen LogP contribution is -2.44. The summed E-state index contributed by atoms with van der Waals surface area (Å²) in [4.78, 5) is 15.0. The van der Waals surface area contributed by atoms with Crippen molar-refractivity contribution in [3.63, 3.8) is 0 Å². The van der Waals surface area contributed by atoms with E-state index >= 15 is 0 Å². The van der Waals surface area contributed by atoms with Crippen LogP contribution >= 0.6 is 0 Å². The Morgan fingerprint density at radius 3 is 2.08 bits per heavy atom. The third kappa shape index (κ3) is 2.72. The molecule has 1 unspecified atom stereocenters. The normalized spacial score (nSPS) is 12.4. The van der Waals surface area contributed by atoms with Gasteiger partial charge in [0.05, 0.1) is 0 Å². The van der Waals surface area contributed by atoms with Crippen LogP contribution in [0.4, 0.5) is 4.79 Å². The minimum absolute atomic E-state index is 0.104. The Hall–Kier alpha value is -0.730.